The van der Waals surface area contributed by atoms with Crippen LogP contribution >= 0.6 is 0 Å². The molecule has 1 saturated carbocycles. The number of carbonyl (C=O) groups is 1. The summed E-state index contributed by atoms with van der Waals surface area (Å²) in [6.07, 6.45) is 5.83. The molecule has 0 saturated heterocycles. The van der Waals surface area contributed by atoms with Crippen LogP contribution < -0.4 is 4.74 Å². The van der Waals surface area contributed by atoms with E-state index < -0.39 is 0 Å². The van der Waals surface area contributed by atoms with Gasteiger partial charge in [0.05, 0.1) is 19.8 Å². The Hall–Kier alpha value is -1.35. The molecule has 1 aliphatic carbocycles. The van der Waals surface area contributed by atoms with Crippen molar-refractivity contribution in [3.63, 3.8) is 0 Å². The highest BCUT2D eigenvalue weighted by atomic mass is 16.5. The fourth-order valence-corrected chi connectivity index (χ4v) is 2.73. The zero-order valence-electron chi connectivity index (χ0n) is 12.6. The van der Waals surface area contributed by atoms with Crippen molar-refractivity contribution < 1.29 is 14.3 Å². The molecule has 110 valence electrons. The molecule has 0 heterocycles. The average Bonchev–Trinajstić information content (AvgIpc) is 2.45. The summed E-state index contributed by atoms with van der Waals surface area (Å²) < 4.78 is 11.3. The van der Waals surface area contributed by atoms with Crippen LogP contribution in [0.2, 0.25) is 0 Å². The molecule has 3 nitrogen and oxygen atoms in total. The monoisotopic (exact) mass is 276 g/mol. The topological polar surface area (TPSA) is 35.5 Å². The summed E-state index contributed by atoms with van der Waals surface area (Å²) in [7, 11) is 1.64. The molecule has 2 rings (SSSR count). The molecule has 20 heavy (non-hydrogen) atoms. The van der Waals surface area contributed by atoms with Gasteiger partial charge in [0.15, 0.2) is 0 Å². The summed E-state index contributed by atoms with van der Waals surface area (Å²) in [5.41, 5.74) is 2.06. The predicted molar refractivity (Wildman–Crippen MR) is 79.2 cm³/mol. The van der Waals surface area contributed by atoms with Crippen LogP contribution in [-0.2, 0) is 11.3 Å². The Bertz CT molecular complexity index is 455. The molecule has 0 aromatic heterocycles. The molecule has 0 bridgehead atoms. The maximum absolute atomic E-state index is 10.9. The normalized spacial score (nSPS) is 18.8. The van der Waals surface area contributed by atoms with E-state index >= 15 is 0 Å². The van der Waals surface area contributed by atoms with E-state index in [1.165, 1.54) is 12.8 Å². The van der Waals surface area contributed by atoms with Crippen molar-refractivity contribution >= 4 is 6.29 Å². The number of carbonyl (C=O) groups excluding carboxylic acids is 1. The Morgan fingerprint density at radius 1 is 1.30 bits per heavy atom. The van der Waals surface area contributed by atoms with E-state index in [-0.39, 0.29) is 0 Å². The number of methoxy groups -OCH3 is 1. The van der Waals surface area contributed by atoms with Gasteiger partial charge < -0.3 is 9.47 Å². The van der Waals surface area contributed by atoms with E-state index in [0.717, 1.165) is 30.4 Å². The smallest absolute Gasteiger partial charge is 0.150 e. The van der Waals surface area contributed by atoms with Gasteiger partial charge in [-0.1, -0.05) is 13.8 Å². The number of benzene rings is 1. The largest absolute Gasteiger partial charge is 0.496 e. The third-order valence-electron chi connectivity index (χ3n) is 4.20. The van der Waals surface area contributed by atoms with Gasteiger partial charge in [-0.2, -0.15) is 0 Å². The van der Waals surface area contributed by atoms with Gasteiger partial charge in [0, 0.05) is 11.1 Å². The van der Waals surface area contributed by atoms with Gasteiger partial charge in [-0.3, -0.25) is 4.79 Å². The lowest BCUT2D eigenvalue weighted by Crippen LogP contribution is -2.26. The predicted octanol–water partition coefficient (Wildman–Crippen LogP) is 3.99. The first-order valence-electron chi connectivity index (χ1n) is 7.28. The zero-order chi connectivity index (χ0) is 14.6. The van der Waals surface area contributed by atoms with Crippen LogP contribution in [0.4, 0.5) is 0 Å². The van der Waals surface area contributed by atoms with E-state index in [4.69, 9.17) is 9.47 Å². The minimum Gasteiger partial charge on any atom is -0.496 e. The molecule has 1 aromatic rings. The molecule has 0 radical (unpaired) electrons. The van der Waals surface area contributed by atoms with E-state index in [1.54, 1.807) is 13.2 Å². The van der Waals surface area contributed by atoms with Crippen LogP contribution in [-0.4, -0.2) is 19.5 Å². The van der Waals surface area contributed by atoms with E-state index in [0.29, 0.717) is 23.7 Å². The zero-order valence-corrected chi connectivity index (χ0v) is 12.6. The van der Waals surface area contributed by atoms with Crippen molar-refractivity contribution in [2.75, 3.05) is 7.11 Å². The third kappa shape index (κ3) is 3.83. The fraction of sp³-hybridized carbons (Fsp3) is 0.588. The first-order valence-corrected chi connectivity index (χ1v) is 7.28. The van der Waals surface area contributed by atoms with Crippen molar-refractivity contribution in [1.82, 2.24) is 0 Å². The minimum absolute atomic E-state index is 0.326. The molecule has 0 spiro atoms. The van der Waals surface area contributed by atoms with Crippen LogP contribution in [0.1, 0.15) is 55.5 Å². The minimum atomic E-state index is 0.326. The Morgan fingerprint density at radius 3 is 2.60 bits per heavy atom. The molecule has 1 fully saturated rings. The number of ether oxygens (including phenoxy) is 2. The highest BCUT2D eigenvalue weighted by molar-refractivity contribution is 5.75. The molecule has 0 amide bonds. The third-order valence-corrected chi connectivity index (χ3v) is 4.20. The SMILES string of the molecule is COc1ccc(C=O)cc1COC1CCC(C)(C)CC1. The highest BCUT2D eigenvalue weighted by Gasteiger charge is 2.27. The van der Waals surface area contributed by atoms with Gasteiger partial charge in [0.25, 0.3) is 0 Å². The van der Waals surface area contributed by atoms with Crippen molar-refractivity contribution in [1.29, 1.82) is 0 Å². The second-order valence-electron chi connectivity index (χ2n) is 6.36. The van der Waals surface area contributed by atoms with Crippen LogP contribution in [0.25, 0.3) is 0 Å². The lowest BCUT2D eigenvalue weighted by atomic mass is 9.76. The van der Waals surface area contributed by atoms with Crippen LogP contribution in [0.15, 0.2) is 18.2 Å². The van der Waals surface area contributed by atoms with Crippen molar-refractivity contribution in [2.45, 2.75) is 52.2 Å². The number of hydrogen-bond acceptors (Lipinski definition) is 3. The van der Waals surface area contributed by atoms with Gasteiger partial charge in [-0.25, -0.2) is 0 Å². The van der Waals surface area contributed by atoms with Crippen molar-refractivity contribution in [3.05, 3.63) is 29.3 Å². The van der Waals surface area contributed by atoms with E-state index in [2.05, 4.69) is 13.8 Å². The molecule has 1 aromatic carbocycles. The molecule has 0 N–H and O–H groups in total. The van der Waals surface area contributed by atoms with E-state index in [1.807, 2.05) is 12.1 Å². The Labute approximate surface area is 121 Å². The Kier molecular flexibility index (Phi) is 4.81. The molecule has 0 atom stereocenters. The maximum Gasteiger partial charge on any atom is 0.150 e. The first-order chi connectivity index (χ1) is 9.54. The first kappa shape index (κ1) is 15.0. The summed E-state index contributed by atoms with van der Waals surface area (Å²) >= 11 is 0. The molecule has 0 unspecified atom stereocenters. The van der Waals surface area contributed by atoms with Crippen LogP contribution in [0.3, 0.4) is 0 Å². The standard InChI is InChI=1S/C17H24O3/c1-17(2)8-6-15(7-9-17)20-12-14-10-13(11-18)4-5-16(14)19-3/h4-5,10-11,15H,6-9,12H2,1-3H3. The maximum atomic E-state index is 10.9. The van der Waals surface area contributed by atoms with Gasteiger partial charge in [0.2, 0.25) is 0 Å². The van der Waals surface area contributed by atoms with Crippen molar-refractivity contribution in [2.24, 2.45) is 5.41 Å². The summed E-state index contributed by atoms with van der Waals surface area (Å²) in [6, 6.07) is 5.43. The molecule has 1 aliphatic rings. The molecular weight excluding hydrogens is 252 g/mol. The summed E-state index contributed by atoms with van der Waals surface area (Å²) in [6.45, 7) is 5.15. The van der Waals surface area contributed by atoms with E-state index in [9.17, 15) is 4.79 Å². The summed E-state index contributed by atoms with van der Waals surface area (Å²) in [4.78, 5) is 10.9. The fourth-order valence-electron chi connectivity index (χ4n) is 2.73. The molecule has 0 aliphatic heterocycles. The molecule has 3 heteroatoms. The number of aldehydes is 1. The van der Waals surface area contributed by atoms with Gasteiger partial charge >= 0.3 is 0 Å². The summed E-state index contributed by atoms with van der Waals surface area (Å²) in [5.74, 6) is 0.784. The Balaban J connectivity index is 1.95. The van der Waals surface area contributed by atoms with Crippen LogP contribution in [0, 0.1) is 5.41 Å². The quantitative estimate of drug-likeness (QED) is 0.763. The number of hydrogen-bond donors (Lipinski definition) is 0. The van der Waals surface area contributed by atoms with Crippen molar-refractivity contribution in [3.8, 4) is 5.75 Å². The average molecular weight is 276 g/mol. The number of rotatable bonds is 5. The highest BCUT2D eigenvalue weighted by Crippen LogP contribution is 2.36. The second kappa shape index (κ2) is 6.40. The van der Waals surface area contributed by atoms with Gasteiger partial charge in [-0.15, -0.1) is 0 Å². The second-order valence-corrected chi connectivity index (χ2v) is 6.36. The van der Waals surface area contributed by atoms with Crippen LogP contribution in [0.5, 0.6) is 5.75 Å². The summed E-state index contributed by atoms with van der Waals surface area (Å²) in [5, 5.41) is 0. The lowest BCUT2D eigenvalue weighted by molar-refractivity contribution is -0.00622. The molecular formula is C17H24O3. The van der Waals surface area contributed by atoms with Gasteiger partial charge in [0.1, 0.15) is 12.0 Å². The van der Waals surface area contributed by atoms with Gasteiger partial charge in [-0.05, 0) is 49.3 Å². The Morgan fingerprint density at radius 2 is 2.00 bits per heavy atom. The lowest BCUT2D eigenvalue weighted by Gasteiger charge is -2.34.